The molecule has 1 fully saturated rings. The van der Waals surface area contributed by atoms with Gasteiger partial charge in [-0.25, -0.2) is 9.67 Å². The van der Waals surface area contributed by atoms with E-state index in [0.29, 0.717) is 24.9 Å². The van der Waals surface area contributed by atoms with Crippen molar-refractivity contribution in [3.05, 3.63) is 50.4 Å². The van der Waals surface area contributed by atoms with Crippen molar-refractivity contribution in [1.29, 1.82) is 0 Å². The number of pyridine rings is 1. The van der Waals surface area contributed by atoms with Crippen LogP contribution in [0.25, 0.3) is 0 Å². The highest BCUT2D eigenvalue weighted by atomic mass is 16.5. The molecule has 0 aliphatic carbocycles. The Labute approximate surface area is 151 Å². The lowest BCUT2D eigenvalue weighted by molar-refractivity contribution is 0.156. The number of ether oxygens (including phenoxy) is 1. The first-order valence-electron chi connectivity index (χ1n) is 9.04. The van der Waals surface area contributed by atoms with Gasteiger partial charge < -0.3 is 4.74 Å². The standard InChI is InChI=1S/C18H23N5O3/c1-3-23-18(25)17(24)22-10-12-6-8-21(11-14(12)15(22)20-23)9-13-5-4-7-19-16(13)26-2/h4-5,7,12,14H,3,6,8-11H2,1-2H3/t12-,14-/m0/s1. The van der Waals surface area contributed by atoms with Crippen molar-refractivity contribution < 1.29 is 4.74 Å². The molecule has 0 radical (unpaired) electrons. The fourth-order valence-corrected chi connectivity index (χ4v) is 4.14. The van der Waals surface area contributed by atoms with E-state index >= 15 is 0 Å². The molecule has 8 nitrogen and oxygen atoms in total. The summed E-state index contributed by atoms with van der Waals surface area (Å²) in [5, 5.41) is 4.50. The van der Waals surface area contributed by atoms with Gasteiger partial charge in [0, 0.05) is 43.9 Å². The van der Waals surface area contributed by atoms with Gasteiger partial charge in [-0.15, -0.1) is 0 Å². The maximum atomic E-state index is 12.4. The summed E-state index contributed by atoms with van der Waals surface area (Å²) in [5.74, 6) is 1.95. The number of hydrogen-bond donors (Lipinski definition) is 0. The quantitative estimate of drug-likeness (QED) is 0.739. The molecule has 4 heterocycles. The molecule has 0 spiro atoms. The normalized spacial score (nSPS) is 22.1. The van der Waals surface area contributed by atoms with Crippen molar-refractivity contribution in [2.24, 2.45) is 5.92 Å². The summed E-state index contributed by atoms with van der Waals surface area (Å²) in [5.41, 5.74) is 0.0916. The van der Waals surface area contributed by atoms with Crippen molar-refractivity contribution in [1.82, 2.24) is 24.2 Å². The highest BCUT2D eigenvalue weighted by Crippen LogP contribution is 2.37. The third kappa shape index (κ3) is 2.74. The van der Waals surface area contributed by atoms with Crippen LogP contribution in [0.5, 0.6) is 5.88 Å². The highest BCUT2D eigenvalue weighted by molar-refractivity contribution is 5.25. The second-order valence-corrected chi connectivity index (χ2v) is 6.96. The van der Waals surface area contributed by atoms with E-state index < -0.39 is 11.1 Å². The third-order valence-corrected chi connectivity index (χ3v) is 5.49. The monoisotopic (exact) mass is 357 g/mol. The maximum absolute atomic E-state index is 12.4. The number of nitrogens with zero attached hydrogens (tertiary/aromatic N) is 5. The van der Waals surface area contributed by atoms with Crippen molar-refractivity contribution in [3.63, 3.8) is 0 Å². The van der Waals surface area contributed by atoms with Crippen molar-refractivity contribution in [2.45, 2.75) is 38.9 Å². The second kappa shape index (κ2) is 6.68. The predicted octanol–water partition coefficient (Wildman–Crippen LogP) is 0.448. The molecule has 2 aliphatic rings. The smallest absolute Gasteiger partial charge is 0.332 e. The molecule has 1 saturated heterocycles. The molecule has 0 amide bonds. The largest absolute Gasteiger partial charge is 0.481 e. The summed E-state index contributed by atoms with van der Waals surface area (Å²) < 4.78 is 8.24. The minimum Gasteiger partial charge on any atom is -0.481 e. The second-order valence-electron chi connectivity index (χ2n) is 6.96. The molecule has 2 aromatic rings. The Hall–Kier alpha value is -2.48. The van der Waals surface area contributed by atoms with E-state index in [1.807, 2.05) is 19.1 Å². The number of methoxy groups -OCH3 is 1. The van der Waals surface area contributed by atoms with E-state index in [0.717, 1.165) is 37.4 Å². The van der Waals surface area contributed by atoms with Gasteiger partial charge in [-0.3, -0.25) is 19.1 Å². The Morgan fingerprint density at radius 2 is 2.12 bits per heavy atom. The number of likely N-dealkylation sites (tertiary alicyclic amines) is 1. The minimum absolute atomic E-state index is 0.178. The van der Waals surface area contributed by atoms with Gasteiger partial charge in [-0.2, -0.15) is 5.10 Å². The lowest BCUT2D eigenvalue weighted by Gasteiger charge is -2.34. The molecular weight excluding hydrogens is 334 g/mol. The molecule has 2 aromatic heterocycles. The zero-order valence-corrected chi connectivity index (χ0v) is 15.1. The van der Waals surface area contributed by atoms with Gasteiger partial charge in [0.2, 0.25) is 5.88 Å². The number of aromatic nitrogens is 4. The van der Waals surface area contributed by atoms with Crippen molar-refractivity contribution >= 4 is 0 Å². The van der Waals surface area contributed by atoms with Crippen LogP contribution in [-0.2, 0) is 19.6 Å². The Morgan fingerprint density at radius 1 is 1.27 bits per heavy atom. The van der Waals surface area contributed by atoms with Gasteiger partial charge in [-0.1, -0.05) is 6.07 Å². The van der Waals surface area contributed by atoms with E-state index in [1.165, 1.54) is 4.68 Å². The first kappa shape index (κ1) is 17.0. The molecule has 26 heavy (non-hydrogen) atoms. The third-order valence-electron chi connectivity index (χ3n) is 5.49. The van der Waals surface area contributed by atoms with E-state index in [9.17, 15) is 9.59 Å². The van der Waals surface area contributed by atoms with Crippen LogP contribution in [0, 0.1) is 5.92 Å². The molecule has 0 aromatic carbocycles. The number of piperidine rings is 1. The van der Waals surface area contributed by atoms with Crippen LogP contribution in [0.1, 0.15) is 30.7 Å². The summed E-state index contributed by atoms with van der Waals surface area (Å²) in [6.07, 6.45) is 2.71. The molecule has 0 unspecified atom stereocenters. The predicted molar refractivity (Wildman–Crippen MR) is 95.3 cm³/mol. The summed E-state index contributed by atoms with van der Waals surface area (Å²) in [6.45, 7) is 5.36. The summed E-state index contributed by atoms with van der Waals surface area (Å²) in [6, 6.07) is 3.94. The van der Waals surface area contributed by atoms with Crippen LogP contribution in [0.4, 0.5) is 0 Å². The van der Waals surface area contributed by atoms with Gasteiger partial charge in [-0.05, 0) is 31.9 Å². The van der Waals surface area contributed by atoms with Gasteiger partial charge in [0.05, 0.1) is 7.11 Å². The molecular formula is C18H23N5O3. The van der Waals surface area contributed by atoms with E-state index in [1.54, 1.807) is 17.9 Å². The molecule has 2 aliphatic heterocycles. The summed E-state index contributed by atoms with van der Waals surface area (Å²) in [4.78, 5) is 31.1. The van der Waals surface area contributed by atoms with Crippen LogP contribution >= 0.6 is 0 Å². The van der Waals surface area contributed by atoms with Gasteiger partial charge >= 0.3 is 11.1 Å². The fourth-order valence-electron chi connectivity index (χ4n) is 4.14. The number of hydrogen-bond acceptors (Lipinski definition) is 6. The van der Waals surface area contributed by atoms with Crippen LogP contribution in [-0.4, -0.2) is 44.4 Å². The zero-order valence-electron chi connectivity index (χ0n) is 15.1. The average molecular weight is 357 g/mol. The summed E-state index contributed by atoms with van der Waals surface area (Å²) >= 11 is 0. The lowest BCUT2D eigenvalue weighted by Crippen LogP contribution is -2.43. The van der Waals surface area contributed by atoms with Crippen LogP contribution in [0.3, 0.4) is 0 Å². The van der Waals surface area contributed by atoms with Gasteiger partial charge in [0.15, 0.2) is 0 Å². The first-order chi connectivity index (χ1) is 12.6. The number of aryl methyl sites for hydroxylation is 1. The topological polar surface area (TPSA) is 82.3 Å². The van der Waals surface area contributed by atoms with Crippen LogP contribution in [0.2, 0.25) is 0 Å². The van der Waals surface area contributed by atoms with Crippen LogP contribution in [0.15, 0.2) is 27.9 Å². The Morgan fingerprint density at radius 3 is 2.88 bits per heavy atom. The lowest BCUT2D eigenvalue weighted by atomic mass is 9.87. The van der Waals surface area contributed by atoms with Gasteiger partial charge in [0.25, 0.3) is 0 Å². The van der Waals surface area contributed by atoms with E-state index in [2.05, 4.69) is 15.0 Å². The number of rotatable bonds is 4. The van der Waals surface area contributed by atoms with E-state index in [-0.39, 0.29) is 5.92 Å². The molecule has 0 saturated carbocycles. The molecule has 138 valence electrons. The van der Waals surface area contributed by atoms with Crippen LogP contribution < -0.4 is 15.9 Å². The number of fused-ring (bicyclic) bond motifs is 3. The zero-order chi connectivity index (χ0) is 18.3. The Kier molecular flexibility index (Phi) is 4.36. The van der Waals surface area contributed by atoms with E-state index in [4.69, 9.17) is 4.74 Å². The average Bonchev–Trinajstić information content (AvgIpc) is 3.03. The molecule has 2 atom stereocenters. The minimum atomic E-state index is -0.521. The molecule has 4 rings (SSSR count). The molecule has 0 bridgehead atoms. The molecule has 0 N–H and O–H groups in total. The first-order valence-corrected chi connectivity index (χ1v) is 9.04. The summed E-state index contributed by atoms with van der Waals surface area (Å²) in [7, 11) is 1.63. The van der Waals surface area contributed by atoms with Gasteiger partial charge in [0.1, 0.15) is 5.82 Å². The highest BCUT2D eigenvalue weighted by Gasteiger charge is 2.40. The van der Waals surface area contributed by atoms with Crippen molar-refractivity contribution in [2.75, 3.05) is 20.2 Å². The fraction of sp³-hybridized carbons (Fsp3) is 0.556. The Bertz CT molecular complexity index is 935. The molecule has 8 heteroatoms. The Balaban J connectivity index is 1.61. The SMILES string of the molecule is CCn1nc2n(c(=O)c1=O)C[C@@H]1CCN(Cc3cccnc3OC)C[C@H]21. The maximum Gasteiger partial charge on any atom is 0.332 e. The van der Waals surface area contributed by atoms with Crippen molar-refractivity contribution in [3.8, 4) is 5.88 Å².